The highest BCUT2D eigenvalue weighted by molar-refractivity contribution is 6.12. The molecule has 0 fully saturated rings. The van der Waals surface area contributed by atoms with Crippen LogP contribution in [0.25, 0.3) is 5.70 Å². The van der Waals surface area contributed by atoms with Crippen LogP contribution in [-0.2, 0) is 11.0 Å². The van der Waals surface area contributed by atoms with E-state index in [1.54, 1.807) is 36.4 Å². The molecule has 0 saturated carbocycles. The first kappa shape index (κ1) is 22.0. The van der Waals surface area contributed by atoms with Crippen molar-refractivity contribution in [1.82, 2.24) is 11.0 Å². The molecule has 1 heterocycles. The SMILES string of the molecule is NC(=NC(=O)C1=C(c2ccccc2)N(c2ccccc2F)NN1)c1cccc(C(F)(F)F)c1. The summed E-state index contributed by atoms with van der Waals surface area (Å²) in [6, 6.07) is 18.8. The molecule has 0 radical (unpaired) electrons. The number of hydrazine groups is 2. The molecule has 0 spiro atoms. The fraction of sp³-hybridized carbons (Fsp3) is 0.0435. The van der Waals surface area contributed by atoms with E-state index in [4.69, 9.17) is 5.73 Å². The van der Waals surface area contributed by atoms with Crippen molar-refractivity contribution in [2.24, 2.45) is 10.7 Å². The molecule has 0 aromatic heterocycles. The summed E-state index contributed by atoms with van der Waals surface area (Å²) in [6.45, 7) is 0. The predicted molar refractivity (Wildman–Crippen MR) is 116 cm³/mol. The number of amidine groups is 1. The van der Waals surface area contributed by atoms with Gasteiger partial charge in [-0.1, -0.05) is 54.6 Å². The number of rotatable bonds is 4. The van der Waals surface area contributed by atoms with Crippen LogP contribution in [0.4, 0.5) is 23.2 Å². The molecular formula is C23H17F4N5O. The number of carbonyl (C=O) groups excluding carboxylic acids is 1. The highest BCUT2D eigenvalue weighted by Crippen LogP contribution is 2.32. The lowest BCUT2D eigenvalue weighted by molar-refractivity contribution is -0.137. The zero-order valence-electron chi connectivity index (χ0n) is 16.9. The second kappa shape index (κ2) is 8.75. The van der Waals surface area contributed by atoms with E-state index in [0.717, 1.165) is 12.1 Å². The smallest absolute Gasteiger partial charge is 0.383 e. The third-order valence-corrected chi connectivity index (χ3v) is 4.82. The van der Waals surface area contributed by atoms with Crippen molar-refractivity contribution < 1.29 is 22.4 Å². The summed E-state index contributed by atoms with van der Waals surface area (Å²) >= 11 is 0. The lowest BCUT2D eigenvalue weighted by atomic mass is 10.1. The third kappa shape index (κ3) is 4.55. The van der Waals surface area contributed by atoms with Gasteiger partial charge >= 0.3 is 6.18 Å². The Bertz CT molecular complexity index is 1250. The van der Waals surface area contributed by atoms with Gasteiger partial charge in [0.25, 0.3) is 5.91 Å². The average Bonchev–Trinajstić information content (AvgIpc) is 3.24. The number of alkyl halides is 3. The highest BCUT2D eigenvalue weighted by atomic mass is 19.4. The first-order valence-electron chi connectivity index (χ1n) is 9.68. The summed E-state index contributed by atoms with van der Waals surface area (Å²) in [7, 11) is 0. The van der Waals surface area contributed by atoms with Crippen molar-refractivity contribution >= 4 is 23.1 Å². The van der Waals surface area contributed by atoms with Crippen molar-refractivity contribution in [3.63, 3.8) is 0 Å². The molecule has 4 N–H and O–H groups in total. The molecule has 4 rings (SSSR count). The van der Waals surface area contributed by atoms with E-state index < -0.39 is 29.3 Å². The molecule has 1 aliphatic heterocycles. The molecule has 6 nitrogen and oxygen atoms in total. The fourth-order valence-electron chi connectivity index (χ4n) is 3.26. The summed E-state index contributed by atoms with van der Waals surface area (Å²) < 4.78 is 53.5. The normalized spacial score (nSPS) is 14.4. The molecule has 33 heavy (non-hydrogen) atoms. The molecule has 3 aromatic carbocycles. The maximum Gasteiger partial charge on any atom is 0.416 e. The van der Waals surface area contributed by atoms with Gasteiger partial charge in [0.1, 0.15) is 17.3 Å². The van der Waals surface area contributed by atoms with Crippen LogP contribution in [0.3, 0.4) is 0 Å². The van der Waals surface area contributed by atoms with E-state index in [0.29, 0.717) is 5.56 Å². The molecule has 168 valence electrons. The number of amides is 1. The number of carbonyl (C=O) groups is 1. The van der Waals surface area contributed by atoms with Gasteiger partial charge in [0.2, 0.25) is 0 Å². The molecule has 3 aromatic rings. The van der Waals surface area contributed by atoms with E-state index in [2.05, 4.69) is 16.0 Å². The second-order valence-corrected chi connectivity index (χ2v) is 6.99. The zero-order valence-corrected chi connectivity index (χ0v) is 16.9. The number of nitrogens with one attached hydrogen (secondary N) is 2. The molecule has 0 saturated heterocycles. The highest BCUT2D eigenvalue weighted by Gasteiger charge is 2.32. The maximum absolute atomic E-state index is 14.5. The van der Waals surface area contributed by atoms with E-state index in [9.17, 15) is 22.4 Å². The number of nitrogens with two attached hydrogens (primary N) is 1. The lowest BCUT2D eigenvalue weighted by Gasteiger charge is -2.21. The largest absolute Gasteiger partial charge is 0.416 e. The Labute approximate surface area is 186 Å². The lowest BCUT2D eigenvalue weighted by Crippen LogP contribution is -2.38. The fourth-order valence-corrected chi connectivity index (χ4v) is 3.26. The van der Waals surface area contributed by atoms with Crippen molar-refractivity contribution in [3.8, 4) is 0 Å². The molecule has 10 heteroatoms. The third-order valence-electron chi connectivity index (χ3n) is 4.82. The summed E-state index contributed by atoms with van der Waals surface area (Å²) in [5.41, 5.74) is 11.2. The molecule has 0 unspecified atom stereocenters. The molecule has 1 aliphatic rings. The van der Waals surface area contributed by atoms with Gasteiger partial charge in [-0.2, -0.15) is 18.2 Å². The van der Waals surface area contributed by atoms with Crippen LogP contribution in [0.1, 0.15) is 16.7 Å². The summed E-state index contributed by atoms with van der Waals surface area (Å²) in [5, 5.41) is 1.34. The Balaban J connectivity index is 1.76. The van der Waals surface area contributed by atoms with E-state index in [-0.39, 0.29) is 22.6 Å². The van der Waals surface area contributed by atoms with Crippen molar-refractivity contribution in [2.45, 2.75) is 6.18 Å². The summed E-state index contributed by atoms with van der Waals surface area (Å²) in [5.74, 6) is -1.78. The molecule has 0 atom stereocenters. The van der Waals surface area contributed by atoms with Crippen LogP contribution >= 0.6 is 0 Å². The van der Waals surface area contributed by atoms with Crippen molar-refractivity contribution in [3.05, 3.63) is 107 Å². The van der Waals surface area contributed by atoms with Gasteiger partial charge in [-0.05, 0) is 24.3 Å². The number of anilines is 1. The summed E-state index contributed by atoms with van der Waals surface area (Å²) in [4.78, 5) is 16.8. The number of halogens is 4. The number of aliphatic imine (C=N–C) groups is 1. The molecule has 0 aliphatic carbocycles. The Morgan fingerprint density at radius 1 is 0.939 bits per heavy atom. The van der Waals surface area contributed by atoms with E-state index in [1.807, 2.05) is 0 Å². The van der Waals surface area contributed by atoms with Gasteiger partial charge in [0.05, 0.1) is 16.9 Å². The van der Waals surface area contributed by atoms with Crippen LogP contribution in [-0.4, -0.2) is 11.7 Å². The molecular weight excluding hydrogens is 438 g/mol. The number of nitrogens with zero attached hydrogens (tertiary/aromatic N) is 2. The topological polar surface area (TPSA) is 82.8 Å². The Kier molecular flexibility index (Phi) is 5.84. The number of hydrogen-bond donors (Lipinski definition) is 3. The van der Waals surface area contributed by atoms with Crippen molar-refractivity contribution in [1.29, 1.82) is 0 Å². The average molecular weight is 455 g/mol. The van der Waals surface area contributed by atoms with Gasteiger partial charge in [-0.15, -0.1) is 5.53 Å². The number of hydrogen-bond acceptors (Lipinski definition) is 4. The minimum absolute atomic E-state index is 0.0561. The Morgan fingerprint density at radius 2 is 1.64 bits per heavy atom. The van der Waals surface area contributed by atoms with Gasteiger partial charge < -0.3 is 5.73 Å². The van der Waals surface area contributed by atoms with Gasteiger partial charge in [-0.3, -0.25) is 15.2 Å². The van der Waals surface area contributed by atoms with Gasteiger partial charge in [0.15, 0.2) is 0 Å². The zero-order chi connectivity index (χ0) is 23.6. The van der Waals surface area contributed by atoms with Crippen LogP contribution in [0, 0.1) is 5.82 Å². The van der Waals surface area contributed by atoms with Crippen LogP contribution in [0.5, 0.6) is 0 Å². The predicted octanol–water partition coefficient (Wildman–Crippen LogP) is 3.97. The van der Waals surface area contributed by atoms with Crippen molar-refractivity contribution in [2.75, 3.05) is 5.01 Å². The van der Waals surface area contributed by atoms with Crippen LogP contribution in [0.15, 0.2) is 89.6 Å². The standard InChI is InChI=1S/C23H17F4N5O/c24-17-11-4-5-12-18(17)32-20(14-7-2-1-3-8-14)19(30-31-32)22(33)29-21(28)15-9-6-10-16(13-15)23(25,26)27/h1-13,30-31H,(H2,28,29,33). The summed E-state index contributed by atoms with van der Waals surface area (Å²) in [6.07, 6.45) is -4.57. The minimum Gasteiger partial charge on any atom is -0.383 e. The second-order valence-electron chi connectivity index (χ2n) is 6.99. The number of benzene rings is 3. The Hall–Kier alpha value is -4.18. The van der Waals surface area contributed by atoms with E-state index in [1.165, 1.54) is 35.3 Å². The van der Waals surface area contributed by atoms with Gasteiger partial charge in [-0.25, -0.2) is 4.39 Å². The van der Waals surface area contributed by atoms with Gasteiger partial charge in [0, 0.05) is 11.1 Å². The first-order valence-corrected chi connectivity index (χ1v) is 9.68. The Morgan fingerprint density at radius 3 is 2.33 bits per heavy atom. The minimum atomic E-state index is -4.57. The number of para-hydroxylation sites is 1. The van der Waals surface area contributed by atoms with Crippen LogP contribution in [0.2, 0.25) is 0 Å². The molecule has 0 bridgehead atoms. The monoisotopic (exact) mass is 455 g/mol. The van der Waals surface area contributed by atoms with E-state index >= 15 is 0 Å². The quantitative estimate of drug-likeness (QED) is 0.315. The maximum atomic E-state index is 14.5. The van der Waals surface area contributed by atoms with Crippen LogP contribution < -0.4 is 21.7 Å². The molecule has 1 amide bonds. The first-order chi connectivity index (χ1) is 15.8.